The van der Waals surface area contributed by atoms with Gasteiger partial charge in [-0.05, 0) is 25.2 Å². The molecular formula is C15H15F3N4O2S. The molecule has 6 nitrogen and oxygen atoms in total. The topological polar surface area (TPSA) is 80.9 Å². The van der Waals surface area contributed by atoms with Crippen molar-refractivity contribution in [2.75, 3.05) is 6.54 Å². The van der Waals surface area contributed by atoms with E-state index >= 15 is 0 Å². The number of aromatic nitrogens is 3. The number of carbonyl (C=O) groups is 1. The van der Waals surface area contributed by atoms with Gasteiger partial charge in [0.25, 0.3) is 5.89 Å². The van der Waals surface area contributed by atoms with E-state index < -0.39 is 11.2 Å². The molecular weight excluding hydrogens is 357 g/mol. The quantitative estimate of drug-likeness (QED) is 0.872. The summed E-state index contributed by atoms with van der Waals surface area (Å²) in [6, 6.07) is 0. The Morgan fingerprint density at radius 3 is 2.92 bits per heavy atom. The second-order valence-corrected chi connectivity index (χ2v) is 7.36. The third kappa shape index (κ3) is 3.03. The minimum Gasteiger partial charge on any atom is -0.355 e. The highest BCUT2D eigenvalue weighted by Gasteiger charge is 2.61. The van der Waals surface area contributed by atoms with Crippen LogP contribution in [0.2, 0.25) is 0 Å². The summed E-state index contributed by atoms with van der Waals surface area (Å²) in [5.74, 6) is 0.905. The number of fused-ring (bicyclic) bond motifs is 1. The number of nitrogens with zero attached hydrogens (tertiary/aromatic N) is 3. The molecule has 10 heteroatoms. The summed E-state index contributed by atoms with van der Waals surface area (Å²) in [7, 11) is 0. The fourth-order valence-corrected chi connectivity index (χ4v) is 4.21. The zero-order chi connectivity index (χ0) is 17.7. The third-order valence-electron chi connectivity index (χ3n) is 4.93. The summed E-state index contributed by atoms with van der Waals surface area (Å²) in [6.45, 7) is 0.372. The first-order chi connectivity index (χ1) is 11.9. The van der Waals surface area contributed by atoms with Gasteiger partial charge in [0.1, 0.15) is 5.69 Å². The van der Waals surface area contributed by atoms with Gasteiger partial charge in [0.2, 0.25) is 5.91 Å². The zero-order valence-corrected chi connectivity index (χ0v) is 13.9. The van der Waals surface area contributed by atoms with Crippen molar-refractivity contribution in [3.05, 3.63) is 16.2 Å². The summed E-state index contributed by atoms with van der Waals surface area (Å²) in [4.78, 5) is 19.7. The van der Waals surface area contributed by atoms with E-state index in [1.54, 1.807) is 0 Å². The van der Waals surface area contributed by atoms with E-state index in [0.717, 1.165) is 25.7 Å². The lowest BCUT2D eigenvalue weighted by atomic mass is 10.0. The molecule has 2 aliphatic rings. The number of hydrogen-bond acceptors (Lipinski definition) is 6. The average molecular weight is 372 g/mol. The van der Waals surface area contributed by atoms with Crippen molar-refractivity contribution in [1.29, 1.82) is 0 Å². The minimum absolute atomic E-state index is 0.00535. The van der Waals surface area contributed by atoms with Gasteiger partial charge < -0.3 is 9.84 Å². The van der Waals surface area contributed by atoms with Crippen LogP contribution in [-0.4, -0.2) is 27.6 Å². The predicted molar refractivity (Wildman–Crippen MR) is 81.5 cm³/mol. The van der Waals surface area contributed by atoms with E-state index in [1.807, 2.05) is 0 Å². The number of hydrogen-bond donors (Lipinski definition) is 1. The highest BCUT2D eigenvalue weighted by atomic mass is 32.1. The van der Waals surface area contributed by atoms with E-state index in [2.05, 4.69) is 20.4 Å². The molecule has 2 fully saturated rings. The van der Waals surface area contributed by atoms with Crippen LogP contribution < -0.4 is 5.32 Å². The van der Waals surface area contributed by atoms with Gasteiger partial charge in [0, 0.05) is 18.3 Å². The second kappa shape index (κ2) is 5.79. The molecule has 0 spiro atoms. The SMILES string of the molecule is O=C(NCCc1noc(-c2csc(C(F)(F)F)n2)n1)[C@@]12CCC[C@@H]1C2. The van der Waals surface area contributed by atoms with Crippen LogP contribution in [0.1, 0.15) is 36.5 Å². The highest BCUT2D eigenvalue weighted by molar-refractivity contribution is 7.10. The minimum atomic E-state index is -4.49. The Hall–Kier alpha value is -1.97. The van der Waals surface area contributed by atoms with Crippen molar-refractivity contribution in [2.45, 2.75) is 38.3 Å². The molecule has 0 bridgehead atoms. The van der Waals surface area contributed by atoms with Crippen molar-refractivity contribution >= 4 is 17.2 Å². The number of amides is 1. The molecule has 2 saturated carbocycles. The van der Waals surface area contributed by atoms with E-state index in [1.165, 1.54) is 5.38 Å². The molecule has 2 heterocycles. The zero-order valence-electron chi connectivity index (χ0n) is 13.1. The molecule has 2 aromatic rings. The smallest absolute Gasteiger partial charge is 0.355 e. The Labute approximate surface area is 144 Å². The first kappa shape index (κ1) is 16.5. The van der Waals surface area contributed by atoms with Gasteiger partial charge in [-0.1, -0.05) is 11.6 Å². The van der Waals surface area contributed by atoms with E-state index in [4.69, 9.17) is 4.52 Å². The van der Waals surface area contributed by atoms with Crippen LogP contribution in [-0.2, 0) is 17.4 Å². The van der Waals surface area contributed by atoms with Crippen LogP contribution in [0.25, 0.3) is 11.6 Å². The molecule has 0 saturated heterocycles. The highest BCUT2D eigenvalue weighted by Crippen LogP contribution is 2.63. The first-order valence-corrected chi connectivity index (χ1v) is 8.90. The molecule has 25 heavy (non-hydrogen) atoms. The summed E-state index contributed by atoms with van der Waals surface area (Å²) in [6.07, 6.45) is 0.0510. The van der Waals surface area contributed by atoms with Crippen LogP contribution in [0.4, 0.5) is 13.2 Å². The number of nitrogens with one attached hydrogen (secondary N) is 1. The molecule has 4 rings (SSSR count). The van der Waals surface area contributed by atoms with Gasteiger partial charge >= 0.3 is 6.18 Å². The first-order valence-electron chi connectivity index (χ1n) is 8.02. The average Bonchev–Trinajstić information content (AvgIpc) is 3.04. The number of thiazole rings is 1. The maximum Gasteiger partial charge on any atom is 0.443 e. The standard InChI is InChI=1S/C15H15F3N4O2S/c16-15(17,18)13-20-9(7-25-13)11-21-10(22-24-11)3-5-19-12(23)14-4-1-2-8(14)6-14/h7-8H,1-6H2,(H,19,23)/t8-,14-/m1/s1. The molecule has 2 aliphatic carbocycles. The molecule has 1 N–H and O–H groups in total. The van der Waals surface area contributed by atoms with Gasteiger partial charge in [0.05, 0.1) is 5.41 Å². The van der Waals surface area contributed by atoms with Gasteiger partial charge in [-0.3, -0.25) is 4.79 Å². The summed E-state index contributed by atoms with van der Waals surface area (Å²) < 4.78 is 42.7. The largest absolute Gasteiger partial charge is 0.443 e. The molecule has 134 valence electrons. The van der Waals surface area contributed by atoms with E-state index in [-0.39, 0.29) is 22.9 Å². The lowest BCUT2D eigenvalue weighted by molar-refractivity contribution is -0.137. The van der Waals surface area contributed by atoms with Gasteiger partial charge in [-0.25, -0.2) is 4.98 Å². The predicted octanol–water partition coefficient (Wildman–Crippen LogP) is 3.06. The maximum absolute atomic E-state index is 12.6. The van der Waals surface area contributed by atoms with Gasteiger partial charge in [0.15, 0.2) is 10.8 Å². The summed E-state index contributed by atoms with van der Waals surface area (Å²) in [5.41, 5.74) is -0.137. The molecule has 1 amide bonds. The Balaban J connectivity index is 1.33. The summed E-state index contributed by atoms with van der Waals surface area (Å²) in [5, 5.41) is 6.91. The fraction of sp³-hybridized carbons (Fsp3) is 0.600. The van der Waals surface area contributed by atoms with Gasteiger partial charge in [-0.2, -0.15) is 18.2 Å². The van der Waals surface area contributed by atoms with Crippen molar-refractivity contribution in [3.8, 4) is 11.6 Å². The molecule has 2 atom stereocenters. The van der Waals surface area contributed by atoms with Crippen molar-refractivity contribution in [1.82, 2.24) is 20.4 Å². The van der Waals surface area contributed by atoms with Crippen LogP contribution in [0.3, 0.4) is 0 Å². The molecule has 0 unspecified atom stereocenters. The van der Waals surface area contributed by atoms with Crippen LogP contribution >= 0.6 is 11.3 Å². The van der Waals surface area contributed by atoms with Crippen LogP contribution in [0.5, 0.6) is 0 Å². The van der Waals surface area contributed by atoms with Crippen molar-refractivity contribution in [3.63, 3.8) is 0 Å². The third-order valence-corrected chi connectivity index (χ3v) is 5.81. The van der Waals surface area contributed by atoms with Crippen LogP contribution in [0, 0.1) is 11.3 Å². The number of rotatable bonds is 5. The lowest BCUT2D eigenvalue weighted by Gasteiger charge is -2.11. The molecule has 2 aromatic heterocycles. The Bertz CT molecular complexity index is 803. The normalized spacial score (nSPS) is 25.0. The monoisotopic (exact) mass is 372 g/mol. The Morgan fingerprint density at radius 2 is 2.28 bits per heavy atom. The Kier molecular flexibility index (Phi) is 3.82. The summed E-state index contributed by atoms with van der Waals surface area (Å²) >= 11 is 0.480. The molecule has 0 aromatic carbocycles. The number of alkyl halides is 3. The van der Waals surface area contributed by atoms with Crippen LogP contribution in [0.15, 0.2) is 9.90 Å². The Morgan fingerprint density at radius 1 is 1.44 bits per heavy atom. The number of halogens is 3. The maximum atomic E-state index is 12.6. The molecule has 0 aliphatic heterocycles. The molecule has 0 radical (unpaired) electrons. The van der Waals surface area contributed by atoms with Crippen molar-refractivity contribution < 1.29 is 22.5 Å². The second-order valence-electron chi connectivity index (χ2n) is 6.51. The van der Waals surface area contributed by atoms with Gasteiger partial charge in [-0.15, -0.1) is 11.3 Å². The van der Waals surface area contributed by atoms with Crippen molar-refractivity contribution in [2.24, 2.45) is 11.3 Å². The number of carbonyl (C=O) groups excluding carboxylic acids is 1. The fourth-order valence-electron chi connectivity index (χ4n) is 3.55. The van der Waals surface area contributed by atoms with E-state index in [9.17, 15) is 18.0 Å². The lowest BCUT2D eigenvalue weighted by Crippen LogP contribution is -2.33. The van der Waals surface area contributed by atoms with E-state index in [0.29, 0.717) is 36.0 Å².